The molecule has 0 heteroatoms. The van der Waals surface area contributed by atoms with E-state index in [9.17, 15) is 0 Å². The molecule has 0 saturated heterocycles. The van der Waals surface area contributed by atoms with Crippen molar-refractivity contribution in [1.29, 1.82) is 0 Å². The highest BCUT2D eigenvalue weighted by atomic mass is 14.2. The van der Waals surface area contributed by atoms with Crippen molar-refractivity contribution in [2.45, 2.75) is 33.6 Å². The minimum absolute atomic E-state index is 0.223. The zero-order chi connectivity index (χ0) is 12.0. The molecule has 0 atom stereocenters. The molecule has 0 aliphatic heterocycles. The largest absolute Gasteiger partial charge is 0.100 e. The van der Waals surface area contributed by atoms with Gasteiger partial charge in [0.25, 0.3) is 0 Å². The van der Waals surface area contributed by atoms with E-state index < -0.39 is 0 Å². The highest BCUT2D eigenvalue weighted by Gasteiger charge is 2.12. The number of hydrogen-bond donors (Lipinski definition) is 0. The fourth-order valence-corrected chi connectivity index (χ4v) is 1.96. The van der Waals surface area contributed by atoms with Crippen molar-refractivity contribution in [3.05, 3.63) is 60.2 Å². The second-order valence-corrected chi connectivity index (χ2v) is 5.21. The van der Waals surface area contributed by atoms with Gasteiger partial charge in [0.05, 0.1) is 0 Å². The molecule has 0 N–H and O–H groups in total. The Hall–Kier alpha value is -1.30. The molecule has 0 radical (unpaired) electrons. The molecular formula is C16H22. The molecule has 0 aromatic heterocycles. The van der Waals surface area contributed by atoms with Crippen LogP contribution in [0, 0.1) is 5.41 Å². The Morgan fingerprint density at radius 3 is 2.44 bits per heavy atom. The first-order valence-electron chi connectivity index (χ1n) is 5.86. The molecule has 1 aromatic carbocycles. The molecule has 0 aliphatic carbocycles. The fraction of sp³-hybridized carbons (Fsp3) is 0.375. The predicted molar refractivity (Wildman–Crippen MR) is 72.5 cm³/mol. The van der Waals surface area contributed by atoms with Crippen LogP contribution in [0.4, 0.5) is 0 Å². The van der Waals surface area contributed by atoms with Gasteiger partial charge in [-0.1, -0.05) is 61.9 Å². The molecule has 0 unspecified atom stereocenters. The van der Waals surface area contributed by atoms with Gasteiger partial charge in [-0.25, -0.2) is 0 Å². The Bertz CT molecular complexity index is 355. The Kier molecular flexibility index (Phi) is 4.54. The van der Waals surface area contributed by atoms with E-state index in [-0.39, 0.29) is 5.41 Å². The summed E-state index contributed by atoms with van der Waals surface area (Å²) in [6.07, 6.45) is 6.63. The number of allylic oxidation sites excluding steroid dienone is 3. The minimum Gasteiger partial charge on any atom is -0.100 e. The second-order valence-electron chi connectivity index (χ2n) is 5.21. The van der Waals surface area contributed by atoms with Gasteiger partial charge in [-0.15, -0.1) is 6.58 Å². The van der Waals surface area contributed by atoms with E-state index in [0.717, 1.165) is 12.8 Å². The van der Waals surface area contributed by atoms with Gasteiger partial charge in [0.1, 0.15) is 0 Å². The fourth-order valence-electron chi connectivity index (χ4n) is 1.96. The lowest BCUT2D eigenvalue weighted by molar-refractivity contribution is 0.475. The lowest BCUT2D eigenvalue weighted by Gasteiger charge is -2.20. The van der Waals surface area contributed by atoms with E-state index in [1.54, 1.807) is 0 Å². The molecule has 0 saturated carbocycles. The average molecular weight is 214 g/mol. The monoisotopic (exact) mass is 214 g/mol. The molecule has 0 fully saturated rings. The summed E-state index contributed by atoms with van der Waals surface area (Å²) in [7, 11) is 0. The van der Waals surface area contributed by atoms with Crippen LogP contribution in [-0.4, -0.2) is 0 Å². The van der Waals surface area contributed by atoms with Gasteiger partial charge in [0.15, 0.2) is 0 Å². The Morgan fingerprint density at radius 1 is 1.25 bits per heavy atom. The molecule has 86 valence electrons. The third kappa shape index (κ3) is 4.97. The molecule has 1 rings (SSSR count). The van der Waals surface area contributed by atoms with Crippen molar-refractivity contribution in [2.75, 3.05) is 0 Å². The summed E-state index contributed by atoms with van der Waals surface area (Å²) < 4.78 is 0. The highest BCUT2D eigenvalue weighted by Crippen LogP contribution is 2.25. The van der Waals surface area contributed by atoms with Gasteiger partial charge in [-0.3, -0.25) is 0 Å². The third-order valence-corrected chi connectivity index (χ3v) is 2.52. The van der Waals surface area contributed by atoms with Crippen LogP contribution in [0.15, 0.2) is 54.6 Å². The van der Waals surface area contributed by atoms with Crippen LogP contribution in [-0.2, 0) is 6.42 Å². The van der Waals surface area contributed by atoms with Gasteiger partial charge >= 0.3 is 0 Å². The lowest BCUT2D eigenvalue weighted by atomic mass is 9.86. The molecule has 0 spiro atoms. The SMILES string of the molecule is C=C(C)CC(C)(C)/C=C/Cc1ccccc1. The summed E-state index contributed by atoms with van der Waals surface area (Å²) in [5.74, 6) is 0. The Morgan fingerprint density at radius 2 is 1.88 bits per heavy atom. The first-order valence-corrected chi connectivity index (χ1v) is 5.86. The van der Waals surface area contributed by atoms with Crippen molar-refractivity contribution >= 4 is 0 Å². The molecular weight excluding hydrogens is 192 g/mol. The average Bonchev–Trinajstić information content (AvgIpc) is 2.16. The lowest BCUT2D eigenvalue weighted by Crippen LogP contribution is -2.07. The summed E-state index contributed by atoms with van der Waals surface area (Å²) >= 11 is 0. The van der Waals surface area contributed by atoms with Gasteiger partial charge in [0.2, 0.25) is 0 Å². The van der Waals surface area contributed by atoms with Gasteiger partial charge in [-0.05, 0) is 30.7 Å². The standard InChI is InChI=1S/C16H22/c1-14(2)13-16(3,4)12-8-11-15-9-6-5-7-10-15/h5-10,12H,1,11,13H2,2-4H3/b12-8+. The summed E-state index contributed by atoms with van der Waals surface area (Å²) in [5, 5.41) is 0. The Labute approximate surface area is 99.7 Å². The summed E-state index contributed by atoms with van der Waals surface area (Å²) in [6.45, 7) is 10.6. The van der Waals surface area contributed by atoms with Crippen molar-refractivity contribution < 1.29 is 0 Å². The smallest absolute Gasteiger partial charge is 0.00972 e. The van der Waals surface area contributed by atoms with E-state index in [0.29, 0.717) is 0 Å². The first kappa shape index (κ1) is 12.8. The highest BCUT2D eigenvalue weighted by molar-refractivity contribution is 5.18. The van der Waals surface area contributed by atoms with Crippen molar-refractivity contribution in [2.24, 2.45) is 5.41 Å². The van der Waals surface area contributed by atoms with Crippen LogP contribution in [0.1, 0.15) is 32.8 Å². The zero-order valence-electron chi connectivity index (χ0n) is 10.7. The van der Waals surface area contributed by atoms with Gasteiger partial charge in [-0.2, -0.15) is 0 Å². The molecule has 0 aliphatic rings. The number of benzene rings is 1. The number of hydrogen-bond acceptors (Lipinski definition) is 0. The van der Waals surface area contributed by atoms with Crippen LogP contribution < -0.4 is 0 Å². The molecule has 0 nitrogen and oxygen atoms in total. The molecule has 0 heterocycles. The summed E-state index contributed by atoms with van der Waals surface area (Å²) in [5.41, 5.74) is 2.83. The van der Waals surface area contributed by atoms with Crippen LogP contribution in [0.2, 0.25) is 0 Å². The quantitative estimate of drug-likeness (QED) is 0.619. The van der Waals surface area contributed by atoms with Crippen molar-refractivity contribution in [3.8, 4) is 0 Å². The first-order chi connectivity index (χ1) is 7.49. The predicted octanol–water partition coefficient (Wildman–Crippen LogP) is 4.78. The maximum absolute atomic E-state index is 3.97. The van der Waals surface area contributed by atoms with Gasteiger partial charge in [0, 0.05) is 0 Å². The van der Waals surface area contributed by atoms with E-state index in [1.807, 2.05) is 0 Å². The van der Waals surface area contributed by atoms with E-state index >= 15 is 0 Å². The van der Waals surface area contributed by atoms with Crippen LogP contribution >= 0.6 is 0 Å². The van der Waals surface area contributed by atoms with E-state index in [1.165, 1.54) is 11.1 Å². The van der Waals surface area contributed by atoms with Crippen LogP contribution in [0.25, 0.3) is 0 Å². The topological polar surface area (TPSA) is 0 Å². The maximum atomic E-state index is 3.97. The zero-order valence-corrected chi connectivity index (χ0v) is 10.7. The molecule has 0 bridgehead atoms. The van der Waals surface area contributed by atoms with Gasteiger partial charge < -0.3 is 0 Å². The van der Waals surface area contributed by atoms with E-state index in [4.69, 9.17) is 0 Å². The second kappa shape index (κ2) is 5.69. The summed E-state index contributed by atoms with van der Waals surface area (Å²) in [6, 6.07) is 10.6. The van der Waals surface area contributed by atoms with Crippen molar-refractivity contribution in [1.82, 2.24) is 0 Å². The minimum atomic E-state index is 0.223. The molecule has 16 heavy (non-hydrogen) atoms. The van der Waals surface area contributed by atoms with Crippen LogP contribution in [0.5, 0.6) is 0 Å². The van der Waals surface area contributed by atoms with Crippen LogP contribution in [0.3, 0.4) is 0 Å². The maximum Gasteiger partial charge on any atom is -0.00972 e. The Balaban J connectivity index is 2.51. The van der Waals surface area contributed by atoms with E-state index in [2.05, 4.69) is 69.8 Å². The third-order valence-electron chi connectivity index (χ3n) is 2.52. The van der Waals surface area contributed by atoms with Crippen molar-refractivity contribution in [3.63, 3.8) is 0 Å². The molecule has 1 aromatic rings. The molecule has 0 amide bonds. The normalized spacial score (nSPS) is 11.9. The summed E-state index contributed by atoms with van der Waals surface area (Å²) in [4.78, 5) is 0. The number of rotatable bonds is 5.